The Kier molecular flexibility index (Phi) is 4.74. The predicted octanol–water partition coefficient (Wildman–Crippen LogP) is 1.95. The van der Waals surface area contributed by atoms with Crippen molar-refractivity contribution in [2.75, 3.05) is 5.33 Å². The van der Waals surface area contributed by atoms with Crippen LogP contribution in [0.1, 0.15) is 32.5 Å². The lowest BCUT2D eigenvalue weighted by atomic mass is 9.98. The average molecular weight is 324 g/mol. The summed E-state index contributed by atoms with van der Waals surface area (Å²) in [7, 11) is -3.52. The average Bonchev–Trinajstić information content (AvgIpc) is 2.65. The van der Waals surface area contributed by atoms with Gasteiger partial charge in [-0.1, -0.05) is 22.9 Å². The molecular formula is C10H18BrN3O2S. The van der Waals surface area contributed by atoms with E-state index < -0.39 is 15.6 Å². The highest BCUT2D eigenvalue weighted by atomic mass is 79.9. The van der Waals surface area contributed by atoms with Crippen LogP contribution in [-0.4, -0.2) is 29.3 Å². The number of hydrogen-bond donors (Lipinski definition) is 2. The molecule has 0 aliphatic carbocycles. The zero-order chi connectivity index (χ0) is 13.1. The molecule has 1 unspecified atom stereocenters. The van der Waals surface area contributed by atoms with E-state index in [-0.39, 0.29) is 5.03 Å². The van der Waals surface area contributed by atoms with Crippen molar-refractivity contribution in [3.05, 3.63) is 12.0 Å². The van der Waals surface area contributed by atoms with Gasteiger partial charge in [-0.3, -0.25) is 0 Å². The summed E-state index contributed by atoms with van der Waals surface area (Å²) in [6.45, 7) is 5.58. The SMILES string of the molecule is CCC(C)(CCBr)NS(=O)(=O)c1cnc(C)[nH]1. The van der Waals surface area contributed by atoms with E-state index in [1.807, 2.05) is 13.8 Å². The maximum absolute atomic E-state index is 12.1. The molecule has 0 fully saturated rings. The Hall–Kier alpha value is -0.400. The van der Waals surface area contributed by atoms with E-state index in [2.05, 4.69) is 30.6 Å². The third kappa shape index (κ3) is 3.79. The van der Waals surface area contributed by atoms with Crippen molar-refractivity contribution >= 4 is 26.0 Å². The highest BCUT2D eigenvalue weighted by molar-refractivity contribution is 9.09. The highest BCUT2D eigenvalue weighted by Gasteiger charge is 2.29. The number of aryl methyl sites for hydroxylation is 1. The second-order valence-electron chi connectivity index (χ2n) is 4.29. The van der Waals surface area contributed by atoms with Crippen molar-refractivity contribution in [2.24, 2.45) is 0 Å². The molecule has 98 valence electrons. The third-order valence-electron chi connectivity index (χ3n) is 2.78. The topological polar surface area (TPSA) is 74.8 Å². The van der Waals surface area contributed by atoms with Gasteiger partial charge in [0.2, 0.25) is 0 Å². The highest BCUT2D eigenvalue weighted by Crippen LogP contribution is 2.19. The van der Waals surface area contributed by atoms with E-state index >= 15 is 0 Å². The first-order valence-electron chi connectivity index (χ1n) is 5.44. The lowest BCUT2D eigenvalue weighted by Gasteiger charge is -2.28. The second kappa shape index (κ2) is 5.49. The van der Waals surface area contributed by atoms with Gasteiger partial charge in [0.05, 0.1) is 6.20 Å². The van der Waals surface area contributed by atoms with Gasteiger partial charge in [-0.15, -0.1) is 0 Å². The smallest absolute Gasteiger partial charge is 0.258 e. The Morgan fingerprint density at radius 2 is 2.24 bits per heavy atom. The molecule has 0 aliphatic rings. The summed E-state index contributed by atoms with van der Waals surface area (Å²) >= 11 is 3.34. The van der Waals surface area contributed by atoms with E-state index in [0.29, 0.717) is 5.82 Å². The molecule has 0 spiro atoms. The standard InChI is InChI=1S/C10H18BrN3O2S/c1-4-10(3,5-6-11)14-17(15,16)9-7-12-8(2)13-9/h7,14H,4-6H2,1-3H3,(H,12,13). The lowest BCUT2D eigenvalue weighted by Crippen LogP contribution is -2.45. The Labute approximate surface area is 111 Å². The van der Waals surface area contributed by atoms with Crippen LogP contribution in [0.2, 0.25) is 0 Å². The monoisotopic (exact) mass is 323 g/mol. The molecule has 1 heterocycles. The van der Waals surface area contributed by atoms with Crippen molar-refractivity contribution < 1.29 is 8.42 Å². The molecular weight excluding hydrogens is 306 g/mol. The summed E-state index contributed by atoms with van der Waals surface area (Å²) in [4.78, 5) is 6.63. The number of alkyl halides is 1. The molecule has 5 nitrogen and oxygen atoms in total. The summed E-state index contributed by atoms with van der Waals surface area (Å²) in [5.74, 6) is 0.587. The number of halogens is 1. The number of hydrogen-bond acceptors (Lipinski definition) is 3. The molecule has 0 radical (unpaired) electrons. The molecule has 1 rings (SSSR count). The summed E-state index contributed by atoms with van der Waals surface area (Å²) in [6.07, 6.45) is 2.79. The zero-order valence-corrected chi connectivity index (χ0v) is 12.7. The van der Waals surface area contributed by atoms with Gasteiger partial charge in [-0.05, 0) is 26.7 Å². The maximum atomic E-state index is 12.1. The van der Waals surface area contributed by atoms with E-state index in [9.17, 15) is 8.42 Å². The first-order valence-corrected chi connectivity index (χ1v) is 8.05. The van der Waals surface area contributed by atoms with E-state index in [1.54, 1.807) is 6.92 Å². The van der Waals surface area contributed by atoms with Crippen LogP contribution in [0.25, 0.3) is 0 Å². The summed E-state index contributed by atoms with van der Waals surface area (Å²) in [5.41, 5.74) is -0.443. The number of aromatic amines is 1. The van der Waals surface area contributed by atoms with Crippen molar-refractivity contribution in [3.63, 3.8) is 0 Å². The Morgan fingerprint density at radius 1 is 1.59 bits per heavy atom. The van der Waals surface area contributed by atoms with Crippen molar-refractivity contribution in [1.29, 1.82) is 0 Å². The van der Waals surface area contributed by atoms with Crippen LogP contribution in [0.4, 0.5) is 0 Å². The van der Waals surface area contributed by atoms with E-state index in [0.717, 1.165) is 18.2 Å². The van der Waals surface area contributed by atoms with Crippen LogP contribution >= 0.6 is 15.9 Å². The van der Waals surface area contributed by atoms with Crippen LogP contribution in [-0.2, 0) is 10.0 Å². The minimum atomic E-state index is -3.52. The number of H-pyrrole nitrogens is 1. The van der Waals surface area contributed by atoms with Crippen molar-refractivity contribution in [1.82, 2.24) is 14.7 Å². The molecule has 0 aromatic carbocycles. The third-order valence-corrected chi connectivity index (χ3v) is 4.72. The molecule has 2 N–H and O–H groups in total. The summed E-state index contributed by atoms with van der Waals surface area (Å²) < 4.78 is 26.9. The minimum Gasteiger partial charge on any atom is -0.332 e. The molecule has 1 atom stereocenters. The van der Waals surface area contributed by atoms with E-state index in [1.165, 1.54) is 6.20 Å². The van der Waals surface area contributed by atoms with Gasteiger partial charge in [0.1, 0.15) is 5.82 Å². The molecule has 1 aromatic heterocycles. The van der Waals surface area contributed by atoms with Gasteiger partial charge >= 0.3 is 0 Å². The van der Waals surface area contributed by atoms with Crippen LogP contribution in [0.5, 0.6) is 0 Å². The Balaban J connectivity index is 2.93. The first kappa shape index (κ1) is 14.7. The van der Waals surface area contributed by atoms with Gasteiger partial charge in [-0.2, -0.15) is 0 Å². The van der Waals surface area contributed by atoms with Crippen molar-refractivity contribution in [3.8, 4) is 0 Å². The number of imidazole rings is 1. The first-order chi connectivity index (χ1) is 7.83. The number of rotatable bonds is 6. The number of aromatic nitrogens is 2. The molecule has 1 aromatic rings. The largest absolute Gasteiger partial charge is 0.332 e. The van der Waals surface area contributed by atoms with Gasteiger partial charge in [0.25, 0.3) is 10.0 Å². The van der Waals surface area contributed by atoms with Gasteiger partial charge in [0.15, 0.2) is 5.03 Å². The lowest BCUT2D eigenvalue weighted by molar-refractivity contribution is 0.392. The maximum Gasteiger partial charge on any atom is 0.258 e. The van der Waals surface area contributed by atoms with E-state index in [4.69, 9.17) is 0 Å². The molecule has 17 heavy (non-hydrogen) atoms. The number of nitrogens with one attached hydrogen (secondary N) is 2. The molecule has 0 aliphatic heterocycles. The fraction of sp³-hybridized carbons (Fsp3) is 0.700. The molecule has 0 bridgehead atoms. The number of sulfonamides is 1. The van der Waals surface area contributed by atoms with Crippen LogP contribution in [0, 0.1) is 6.92 Å². The second-order valence-corrected chi connectivity index (χ2v) is 6.74. The van der Waals surface area contributed by atoms with Gasteiger partial charge in [0, 0.05) is 10.9 Å². The van der Waals surface area contributed by atoms with Crippen molar-refractivity contribution in [2.45, 2.75) is 44.2 Å². The fourth-order valence-corrected chi connectivity index (χ4v) is 3.78. The Bertz CT molecular complexity index is 472. The zero-order valence-electron chi connectivity index (χ0n) is 10.2. The summed E-state index contributed by atoms with van der Waals surface area (Å²) in [5, 5.41) is 0.867. The molecule has 7 heteroatoms. The fourth-order valence-electron chi connectivity index (χ4n) is 1.42. The van der Waals surface area contributed by atoms with Crippen LogP contribution < -0.4 is 4.72 Å². The van der Waals surface area contributed by atoms with Crippen LogP contribution in [0.3, 0.4) is 0 Å². The molecule has 0 saturated heterocycles. The molecule has 0 amide bonds. The van der Waals surface area contributed by atoms with Crippen LogP contribution in [0.15, 0.2) is 11.2 Å². The molecule has 0 saturated carbocycles. The Morgan fingerprint density at radius 3 is 2.65 bits per heavy atom. The summed E-state index contributed by atoms with van der Waals surface area (Å²) in [6, 6.07) is 0. The normalized spacial score (nSPS) is 15.8. The van der Waals surface area contributed by atoms with Gasteiger partial charge < -0.3 is 4.98 Å². The quantitative estimate of drug-likeness (QED) is 0.786. The van der Waals surface area contributed by atoms with Gasteiger partial charge in [-0.25, -0.2) is 18.1 Å². The number of nitrogens with zero attached hydrogens (tertiary/aromatic N) is 1. The predicted molar refractivity (Wildman–Crippen MR) is 70.8 cm³/mol. The minimum absolute atomic E-state index is 0.115.